The average molecular weight is 359 g/mol. The molecule has 1 aliphatic heterocycles. The maximum Gasteiger partial charge on any atom is 0.519 e. The minimum absolute atomic E-state index is 0.314. The lowest BCUT2D eigenvalue weighted by Crippen LogP contribution is -2.41. The summed E-state index contributed by atoms with van der Waals surface area (Å²) in [5.41, 5.74) is 1.27. The van der Waals surface area contributed by atoms with Crippen molar-refractivity contribution in [3.05, 3.63) is 46.5 Å². The van der Waals surface area contributed by atoms with Crippen LogP contribution in [0.2, 0.25) is 0 Å². The molecule has 1 spiro atoms. The van der Waals surface area contributed by atoms with Crippen LogP contribution < -0.4 is 5.82 Å². The van der Waals surface area contributed by atoms with E-state index in [1.807, 2.05) is 0 Å². The maximum atomic E-state index is 13.1. The zero-order valence-electron chi connectivity index (χ0n) is 15.1. The molecule has 1 saturated carbocycles. The highest BCUT2D eigenvalue weighted by Crippen LogP contribution is 2.44. The molecule has 0 radical (unpaired) electrons. The van der Waals surface area contributed by atoms with Gasteiger partial charge in [-0.1, -0.05) is 19.3 Å². The summed E-state index contributed by atoms with van der Waals surface area (Å²) in [5.74, 6) is -0.0273. The molecule has 0 amide bonds. The summed E-state index contributed by atoms with van der Waals surface area (Å²) in [6, 6.07) is 5.95. The van der Waals surface area contributed by atoms with E-state index in [0.717, 1.165) is 19.6 Å². The van der Waals surface area contributed by atoms with Crippen molar-refractivity contribution in [2.24, 2.45) is 5.41 Å². The summed E-state index contributed by atoms with van der Waals surface area (Å²) in [7, 11) is 0. The Morgan fingerprint density at radius 2 is 1.65 bits per heavy atom. The average Bonchev–Trinajstić information content (AvgIpc) is 3.03. The van der Waals surface area contributed by atoms with Crippen LogP contribution in [-0.2, 0) is 6.42 Å². The summed E-state index contributed by atoms with van der Waals surface area (Å²) in [6.45, 7) is 3.09. The Morgan fingerprint density at radius 3 is 2.35 bits per heavy atom. The first-order valence-corrected chi connectivity index (χ1v) is 9.75. The molecule has 0 bridgehead atoms. The van der Waals surface area contributed by atoms with Crippen molar-refractivity contribution in [2.75, 3.05) is 19.6 Å². The normalized spacial score (nSPS) is 20.5. The molecule has 1 saturated heterocycles. The molecular weight excluding hydrogens is 333 g/mol. The molecule has 0 atom stereocenters. The van der Waals surface area contributed by atoms with Gasteiger partial charge in [0.2, 0.25) is 0 Å². The van der Waals surface area contributed by atoms with Gasteiger partial charge in [0.1, 0.15) is 5.82 Å². The van der Waals surface area contributed by atoms with Gasteiger partial charge in [0.15, 0.2) is 11.5 Å². The lowest BCUT2D eigenvalue weighted by atomic mass is 9.68. The first kappa shape index (κ1) is 17.5. The van der Waals surface area contributed by atoms with Gasteiger partial charge in [-0.2, -0.15) is 0 Å². The Morgan fingerprint density at radius 1 is 0.962 bits per heavy atom. The monoisotopic (exact) mass is 359 g/mol. The van der Waals surface area contributed by atoms with Gasteiger partial charge in [-0.05, 0) is 68.5 Å². The number of hydrogen-bond donors (Lipinski definition) is 0. The fourth-order valence-corrected chi connectivity index (χ4v) is 4.61. The topological polar surface area (TPSA) is 46.6 Å². The first-order chi connectivity index (χ1) is 12.6. The van der Waals surface area contributed by atoms with Crippen molar-refractivity contribution >= 4 is 0 Å². The standard InChI is InChI=1S/C21H26FNO3/c22-17-6-4-16(5-7-17)19-18(25-20(24)26-19)8-13-23-14-11-21(12-15-23)9-2-1-3-10-21/h4-7H,1-3,8-15H2. The third kappa shape index (κ3) is 3.78. The molecule has 2 aliphatic rings. The number of hydrogen-bond acceptors (Lipinski definition) is 4. The predicted molar refractivity (Wildman–Crippen MR) is 97.5 cm³/mol. The molecule has 0 N–H and O–H groups in total. The molecule has 140 valence electrons. The van der Waals surface area contributed by atoms with Crippen LogP contribution in [0.5, 0.6) is 0 Å². The third-order valence-corrected chi connectivity index (χ3v) is 6.24. The van der Waals surface area contributed by atoms with Crippen LogP contribution in [0.15, 0.2) is 37.9 Å². The second kappa shape index (κ2) is 7.39. The summed E-state index contributed by atoms with van der Waals surface area (Å²) in [5, 5.41) is 0. The van der Waals surface area contributed by atoms with Crippen LogP contribution in [-0.4, -0.2) is 24.5 Å². The van der Waals surface area contributed by atoms with E-state index in [-0.39, 0.29) is 5.82 Å². The smallest absolute Gasteiger partial charge is 0.395 e. The van der Waals surface area contributed by atoms with E-state index in [9.17, 15) is 9.18 Å². The lowest BCUT2D eigenvalue weighted by Gasteiger charge is -2.44. The Balaban J connectivity index is 1.38. The number of halogens is 1. The van der Waals surface area contributed by atoms with Crippen molar-refractivity contribution in [3.63, 3.8) is 0 Å². The molecule has 1 aliphatic carbocycles. The maximum absolute atomic E-state index is 13.1. The SMILES string of the molecule is O=c1oc(CCN2CCC3(CCCCC3)CC2)c(-c2ccc(F)cc2)o1. The van der Waals surface area contributed by atoms with Crippen molar-refractivity contribution in [2.45, 2.75) is 51.4 Å². The van der Waals surface area contributed by atoms with Crippen LogP contribution in [0.4, 0.5) is 4.39 Å². The zero-order valence-corrected chi connectivity index (χ0v) is 15.1. The molecule has 1 aromatic heterocycles. The summed E-state index contributed by atoms with van der Waals surface area (Å²) in [4.78, 5) is 14.0. The highest BCUT2D eigenvalue weighted by molar-refractivity contribution is 5.58. The second-order valence-electron chi connectivity index (χ2n) is 7.87. The van der Waals surface area contributed by atoms with Crippen LogP contribution in [0.1, 0.15) is 50.7 Å². The van der Waals surface area contributed by atoms with Crippen molar-refractivity contribution in [1.29, 1.82) is 0 Å². The Hall–Kier alpha value is -1.88. The van der Waals surface area contributed by atoms with Gasteiger partial charge in [0.25, 0.3) is 0 Å². The van der Waals surface area contributed by atoms with E-state index in [2.05, 4.69) is 4.90 Å². The van der Waals surface area contributed by atoms with E-state index in [1.54, 1.807) is 12.1 Å². The number of rotatable bonds is 4. The van der Waals surface area contributed by atoms with E-state index < -0.39 is 5.82 Å². The summed E-state index contributed by atoms with van der Waals surface area (Å²) in [6.07, 6.45) is 10.2. The van der Waals surface area contributed by atoms with E-state index in [0.29, 0.717) is 28.9 Å². The molecule has 0 unspecified atom stereocenters. The van der Waals surface area contributed by atoms with Crippen molar-refractivity contribution in [3.8, 4) is 11.3 Å². The molecule has 4 rings (SSSR count). The molecule has 26 heavy (non-hydrogen) atoms. The van der Waals surface area contributed by atoms with E-state index in [1.165, 1.54) is 57.1 Å². The number of nitrogens with zero attached hydrogens (tertiary/aromatic N) is 1. The summed E-state index contributed by atoms with van der Waals surface area (Å²) >= 11 is 0. The van der Waals surface area contributed by atoms with Gasteiger partial charge in [0.05, 0.1) is 0 Å². The van der Waals surface area contributed by atoms with Crippen molar-refractivity contribution < 1.29 is 13.2 Å². The van der Waals surface area contributed by atoms with Crippen LogP contribution in [0, 0.1) is 11.2 Å². The Labute approximate surface area is 153 Å². The number of likely N-dealkylation sites (tertiary alicyclic amines) is 1. The largest absolute Gasteiger partial charge is 0.519 e. The van der Waals surface area contributed by atoms with E-state index in [4.69, 9.17) is 8.83 Å². The van der Waals surface area contributed by atoms with Crippen molar-refractivity contribution in [1.82, 2.24) is 4.90 Å². The summed E-state index contributed by atoms with van der Waals surface area (Å²) < 4.78 is 23.6. The third-order valence-electron chi connectivity index (χ3n) is 6.24. The minimum Gasteiger partial charge on any atom is -0.395 e. The van der Waals surface area contributed by atoms with Gasteiger partial charge in [-0.3, -0.25) is 0 Å². The van der Waals surface area contributed by atoms with Gasteiger partial charge >= 0.3 is 5.82 Å². The van der Waals surface area contributed by atoms with Crippen LogP contribution >= 0.6 is 0 Å². The Kier molecular flexibility index (Phi) is 4.98. The zero-order chi connectivity index (χ0) is 18.0. The van der Waals surface area contributed by atoms with Crippen LogP contribution in [0.25, 0.3) is 11.3 Å². The second-order valence-corrected chi connectivity index (χ2v) is 7.87. The molecule has 5 heteroatoms. The van der Waals surface area contributed by atoms with Crippen LogP contribution in [0.3, 0.4) is 0 Å². The molecule has 1 aromatic carbocycles. The minimum atomic E-state index is -0.695. The molecule has 4 nitrogen and oxygen atoms in total. The Bertz CT molecular complexity index is 776. The highest BCUT2D eigenvalue weighted by Gasteiger charge is 2.35. The molecule has 2 heterocycles. The highest BCUT2D eigenvalue weighted by atomic mass is 19.1. The number of piperidine rings is 1. The molecular formula is C21H26FNO3. The fourth-order valence-electron chi connectivity index (χ4n) is 4.61. The van der Waals surface area contributed by atoms with Gasteiger partial charge < -0.3 is 13.7 Å². The molecule has 2 aromatic rings. The van der Waals surface area contributed by atoms with E-state index >= 15 is 0 Å². The first-order valence-electron chi connectivity index (χ1n) is 9.75. The van der Waals surface area contributed by atoms with Gasteiger partial charge in [-0.15, -0.1) is 0 Å². The predicted octanol–water partition coefficient (Wildman–Crippen LogP) is 4.63. The quantitative estimate of drug-likeness (QED) is 0.799. The fraction of sp³-hybridized carbons (Fsp3) is 0.571. The lowest BCUT2D eigenvalue weighted by molar-refractivity contribution is 0.0678. The van der Waals surface area contributed by atoms with Gasteiger partial charge in [-0.25, -0.2) is 9.18 Å². The van der Waals surface area contributed by atoms with Gasteiger partial charge in [0, 0.05) is 18.5 Å². The molecule has 2 fully saturated rings. The number of benzene rings is 1.